The minimum Gasteiger partial charge on any atom is -0.459 e. The highest BCUT2D eigenvalue weighted by Gasteiger charge is 2.58. The molecule has 0 radical (unpaired) electrons. The second-order valence-corrected chi connectivity index (χ2v) is 6.10. The highest BCUT2D eigenvalue weighted by atomic mass is 35.5. The van der Waals surface area contributed by atoms with Crippen LogP contribution in [0.15, 0.2) is 0 Å². The minimum atomic E-state index is -0.190. The van der Waals surface area contributed by atoms with Gasteiger partial charge in [0, 0.05) is 18.9 Å². The Morgan fingerprint density at radius 2 is 1.81 bits per heavy atom. The molecule has 0 aromatic rings. The predicted octanol–water partition coefficient (Wildman–Crippen LogP) is 2.02. The van der Waals surface area contributed by atoms with Crippen LogP contribution in [0.1, 0.15) is 45.4 Å². The number of rotatable bonds is 1. The van der Waals surface area contributed by atoms with Gasteiger partial charge in [0.1, 0.15) is 5.60 Å². The van der Waals surface area contributed by atoms with E-state index in [2.05, 4.69) is 0 Å². The quantitative estimate of drug-likeness (QED) is 0.719. The van der Waals surface area contributed by atoms with Crippen LogP contribution < -0.4 is 5.73 Å². The number of esters is 1. The second kappa shape index (κ2) is 3.61. The molecule has 2 unspecified atom stereocenters. The summed E-state index contributed by atoms with van der Waals surface area (Å²) < 4.78 is 5.60. The van der Waals surface area contributed by atoms with Gasteiger partial charge in [-0.2, -0.15) is 0 Å². The molecule has 4 rings (SSSR count). The Bertz CT molecular complexity index is 304. The molecule has 0 saturated heterocycles. The molecule has 4 saturated carbocycles. The minimum absolute atomic E-state index is 0. The number of ether oxygens (including phenoxy) is 1. The lowest BCUT2D eigenvalue weighted by molar-refractivity contribution is -0.186. The van der Waals surface area contributed by atoms with Gasteiger partial charge in [-0.15, -0.1) is 12.4 Å². The van der Waals surface area contributed by atoms with Crippen molar-refractivity contribution in [3.8, 4) is 0 Å². The Balaban J connectivity index is 0.000000963. The zero-order valence-corrected chi connectivity index (χ0v) is 10.5. The number of carbonyl (C=O) groups excluding carboxylic acids is 1. The smallest absolute Gasteiger partial charge is 0.303 e. The normalized spacial score (nSPS) is 48.6. The zero-order valence-electron chi connectivity index (χ0n) is 9.70. The van der Waals surface area contributed by atoms with E-state index in [1.165, 1.54) is 13.3 Å². The van der Waals surface area contributed by atoms with Gasteiger partial charge in [-0.3, -0.25) is 4.79 Å². The van der Waals surface area contributed by atoms with Crippen LogP contribution >= 0.6 is 12.4 Å². The molecule has 3 nitrogen and oxygen atoms in total. The van der Waals surface area contributed by atoms with Crippen LogP contribution in [0.5, 0.6) is 0 Å². The summed E-state index contributed by atoms with van der Waals surface area (Å²) in [7, 11) is 0. The maximum atomic E-state index is 11.2. The first kappa shape index (κ1) is 12.2. The highest BCUT2D eigenvalue weighted by Crippen LogP contribution is 2.57. The first-order valence-electron chi connectivity index (χ1n) is 5.97. The monoisotopic (exact) mass is 245 g/mol. The molecule has 4 fully saturated rings. The van der Waals surface area contributed by atoms with E-state index in [9.17, 15) is 4.79 Å². The van der Waals surface area contributed by atoms with Gasteiger partial charge in [0.15, 0.2) is 0 Å². The molecule has 0 amide bonds. The SMILES string of the molecule is CC(=O)OC12CC3CC(CC(N)(C3)C1)C2.Cl. The molecule has 0 aliphatic heterocycles. The van der Waals surface area contributed by atoms with Crippen LogP contribution in [0.3, 0.4) is 0 Å². The average molecular weight is 246 g/mol. The summed E-state index contributed by atoms with van der Waals surface area (Å²) in [6, 6.07) is 0. The first-order chi connectivity index (χ1) is 6.99. The number of carbonyl (C=O) groups is 1. The molecule has 16 heavy (non-hydrogen) atoms. The van der Waals surface area contributed by atoms with Crippen molar-refractivity contribution in [1.29, 1.82) is 0 Å². The molecular weight excluding hydrogens is 226 g/mol. The summed E-state index contributed by atoms with van der Waals surface area (Å²) in [5.41, 5.74) is 6.17. The summed E-state index contributed by atoms with van der Waals surface area (Å²) in [6.45, 7) is 1.52. The van der Waals surface area contributed by atoms with E-state index in [1.807, 2.05) is 0 Å². The second-order valence-electron chi connectivity index (χ2n) is 6.10. The van der Waals surface area contributed by atoms with Crippen molar-refractivity contribution in [3.05, 3.63) is 0 Å². The molecule has 0 spiro atoms. The summed E-state index contributed by atoms with van der Waals surface area (Å²) in [5, 5.41) is 0. The fourth-order valence-electron chi connectivity index (χ4n) is 4.67. The van der Waals surface area contributed by atoms with E-state index in [4.69, 9.17) is 10.5 Å². The molecule has 2 N–H and O–H groups in total. The molecule has 4 aliphatic rings. The van der Waals surface area contributed by atoms with Gasteiger partial charge < -0.3 is 10.5 Å². The van der Waals surface area contributed by atoms with Crippen molar-refractivity contribution in [1.82, 2.24) is 0 Å². The maximum Gasteiger partial charge on any atom is 0.303 e. The molecule has 2 atom stereocenters. The Morgan fingerprint density at radius 3 is 2.25 bits per heavy atom. The van der Waals surface area contributed by atoms with Gasteiger partial charge in [-0.1, -0.05) is 0 Å². The van der Waals surface area contributed by atoms with E-state index in [0.717, 1.165) is 32.1 Å². The van der Waals surface area contributed by atoms with Crippen molar-refractivity contribution in [2.45, 2.75) is 56.6 Å². The number of nitrogens with two attached hydrogens (primary N) is 1. The Labute approximate surface area is 103 Å². The third kappa shape index (κ3) is 1.84. The number of hydrogen-bond acceptors (Lipinski definition) is 3. The van der Waals surface area contributed by atoms with Crippen LogP contribution in [0.2, 0.25) is 0 Å². The first-order valence-corrected chi connectivity index (χ1v) is 5.97. The lowest BCUT2D eigenvalue weighted by Gasteiger charge is -2.59. The average Bonchev–Trinajstić information content (AvgIpc) is 1.94. The van der Waals surface area contributed by atoms with E-state index in [-0.39, 0.29) is 29.5 Å². The van der Waals surface area contributed by atoms with Crippen molar-refractivity contribution in [2.75, 3.05) is 0 Å². The third-order valence-electron chi connectivity index (χ3n) is 4.41. The van der Waals surface area contributed by atoms with Gasteiger partial charge in [0.05, 0.1) is 0 Å². The van der Waals surface area contributed by atoms with Crippen LogP contribution in [-0.2, 0) is 9.53 Å². The summed E-state index contributed by atoms with van der Waals surface area (Å²) in [6.07, 6.45) is 6.61. The molecule has 92 valence electrons. The standard InChI is InChI=1S/C12H19NO2.ClH/c1-8(14)15-12-5-9-2-10(6-12)4-11(13,3-9)7-12;/h9-10H,2-7,13H2,1H3;1H. The molecule has 4 bridgehead atoms. The lowest BCUT2D eigenvalue weighted by Crippen LogP contribution is -2.63. The lowest BCUT2D eigenvalue weighted by atomic mass is 9.51. The van der Waals surface area contributed by atoms with E-state index >= 15 is 0 Å². The van der Waals surface area contributed by atoms with Crippen LogP contribution in [0, 0.1) is 11.8 Å². The van der Waals surface area contributed by atoms with Crippen molar-refractivity contribution < 1.29 is 9.53 Å². The van der Waals surface area contributed by atoms with Crippen molar-refractivity contribution in [3.63, 3.8) is 0 Å². The van der Waals surface area contributed by atoms with Gasteiger partial charge >= 0.3 is 5.97 Å². The molecule has 0 aromatic heterocycles. The van der Waals surface area contributed by atoms with Gasteiger partial charge in [0.25, 0.3) is 0 Å². The fourth-order valence-corrected chi connectivity index (χ4v) is 4.67. The van der Waals surface area contributed by atoms with Crippen LogP contribution in [-0.4, -0.2) is 17.1 Å². The molecule has 4 aliphatic carbocycles. The van der Waals surface area contributed by atoms with Crippen molar-refractivity contribution >= 4 is 18.4 Å². The maximum absolute atomic E-state index is 11.2. The fraction of sp³-hybridized carbons (Fsp3) is 0.917. The van der Waals surface area contributed by atoms with E-state index in [1.54, 1.807) is 0 Å². The number of hydrogen-bond donors (Lipinski definition) is 1. The largest absolute Gasteiger partial charge is 0.459 e. The van der Waals surface area contributed by atoms with Crippen LogP contribution in [0.4, 0.5) is 0 Å². The molecule has 0 aromatic carbocycles. The van der Waals surface area contributed by atoms with Gasteiger partial charge in [-0.25, -0.2) is 0 Å². The summed E-state index contributed by atoms with van der Waals surface area (Å²) in [4.78, 5) is 11.2. The van der Waals surface area contributed by atoms with E-state index < -0.39 is 0 Å². The van der Waals surface area contributed by atoms with Crippen LogP contribution in [0.25, 0.3) is 0 Å². The van der Waals surface area contributed by atoms with Gasteiger partial charge in [0.2, 0.25) is 0 Å². The number of halogens is 1. The summed E-state index contributed by atoms with van der Waals surface area (Å²) in [5.74, 6) is 1.27. The predicted molar refractivity (Wildman–Crippen MR) is 63.3 cm³/mol. The summed E-state index contributed by atoms with van der Waals surface area (Å²) >= 11 is 0. The Kier molecular flexibility index (Phi) is 2.75. The molecule has 0 heterocycles. The van der Waals surface area contributed by atoms with Crippen molar-refractivity contribution in [2.24, 2.45) is 17.6 Å². The molecule has 4 heteroatoms. The highest BCUT2D eigenvalue weighted by molar-refractivity contribution is 5.85. The topological polar surface area (TPSA) is 52.3 Å². The zero-order chi connectivity index (χ0) is 10.7. The third-order valence-corrected chi connectivity index (χ3v) is 4.41. The van der Waals surface area contributed by atoms with E-state index in [0.29, 0.717) is 11.8 Å². The Morgan fingerprint density at radius 1 is 1.25 bits per heavy atom. The van der Waals surface area contributed by atoms with Gasteiger partial charge in [-0.05, 0) is 43.9 Å². The molecular formula is C12H20ClNO2. The Hall–Kier alpha value is -0.280.